The molecule has 0 aliphatic carbocycles. The molecule has 1 heterocycles. The predicted molar refractivity (Wildman–Crippen MR) is 123 cm³/mol. The highest BCUT2D eigenvalue weighted by Gasteiger charge is 2.23. The van der Waals surface area contributed by atoms with Crippen LogP contribution in [0.4, 0.5) is 8.78 Å². The number of rotatable bonds is 6. The van der Waals surface area contributed by atoms with Gasteiger partial charge in [-0.1, -0.05) is 0 Å². The summed E-state index contributed by atoms with van der Waals surface area (Å²) in [4.78, 5) is 11.0. The lowest BCUT2D eigenvalue weighted by Crippen LogP contribution is -2.38. The molecule has 0 spiro atoms. The van der Waals surface area contributed by atoms with E-state index in [9.17, 15) is 8.78 Å². The molecule has 1 aromatic rings. The Hall–Kier alpha value is -2.46. The van der Waals surface area contributed by atoms with Crippen LogP contribution in [-0.4, -0.2) is 62.4 Å². The Balaban J connectivity index is 0.00000233. The molecular formula is C24H35F2N3O2. The van der Waals surface area contributed by atoms with Crippen LogP contribution in [0.15, 0.2) is 28.2 Å². The topological polar surface area (TPSA) is 46.4 Å². The van der Waals surface area contributed by atoms with Crippen molar-refractivity contribution in [1.29, 1.82) is 0 Å². The fraction of sp³-hybridized carbons (Fsp3) is 0.583. The zero-order chi connectivity index (χ0) is 23.4. The van der Waals surface area contributed by atoms with Gasteiger partial charge in [0.2, 0.25) is 5.90 Å². The molecule has 7 heteroatoms. The normalized spacial score (nSPS) is 18.5. The molecule has 172 valence electrons. The average Bonchev–Trinajstić information content (AvgIpc) is 2.95. The molecule has 0 aromatic heterocycles. The van der Waals surface area contributed by atoms with Crippen LogP contribution in [0.25, 0.3) is 0 Å². The fourth-order valence-electron chi connectivity index (χ4n) is 3.32. The van der Waals surface area contributed by atoms with Gasteiger partial charge in [-0.3, -0.25) is 14.9 Å². The van der Waals surface area contributed by atoms with E-state index in [0.29, 0.717) is 25.0 Å². The summed E-state index contributed by atoms with van der Waals surface area (Å²) >= 11 is 0. The van der Waals surface area contributed by atoms with Crippen LogP contribution < -0.4 is 4.74 Å². The number of hydrogen-bond donors (Lipinski definition) is 0. The number of ether oxygens (including phenoxy) is 2. The van der Waals surface area contributed by atoms with Crippen LogP contribution in [-0.2, 0) is 4.74 Å². The first kappa shape index (κ1) is 26.6. The Kier molecular flexibility index (Phi) is 11.2. The summed E-state index contributed by atoms with van der Waals surface area (Å²) in [5.41, 5.74) is 0.507. The minimum atomic E-state index is -0.658. The van der Waals surface area contributed by atoms with Crippen molar-refractivity contribution in [3.63, 3.8) is 0 Å². The number of halogens is 2. The van der Waals surface area contributed by atoms with Gasteiger partial charge in [-0.2, -0.15) is 0 Å². The molecule has 0 N–H and O–H groups in total. The molecule has 0 radical (unpaired) electrons. The summed E-state index contributed by atoms with van der Waals surface area (Å²) in [6.45, 7) is 8.93. The molecule has 1 unspecified atom stereocenters. The Bertz CT molecular complexity index is 770. The average molecular weight is 436 g/mol. The Morgan fingerprint density at radius 2 is 1.84 bits per heavy atom. The van der Waals surface area contributed by atoms with E-state index in [2.05, 4.69) is 27.7 Å². The van der Waals surface area contributed by atoms with Crippen LogP contribution in [0.2, 0.25) is 0 Å². The quantitative estimate of drug-likeness (QED) is 0.372. The summed E-state index contributed by atoms with van der Waals surface area (Å²) in [6.07, 6.45) is 11.0. The van der Waals surface area contributed by atoms with E-state index in [1.54, 1.807) is 14.1 Å². The molecule has 1 aliphatic heterocycles. The van der Waals surface area contributed by atoms with Crippen LogP contribution in [0.5, 0.6) is 5.75 Å². The molecule has 0 saturated carbocycles. The molecule has 31 heavy (non-hydrogen) atoms. The summed E-state index contributed by atoms with van der Waals surface area (Å²) in [7, 11) is 3.48. The van der Waals surface area contributed by atoms with Gasteiger partial charge in [0.05, 0.1) is 6.61 Å². The van der Waals surface area contributed by atoms with E-state index < -0.39 is 11.6 Å². The number of nitrogens with zero attached hydrogens (tertiary/aromatic N) is 3. The van der Waals surface area contributed by atoms with Crippen molar-refractivity contribution in [1.82, 2.24) is 4.90 Å². The maximum absolute atomic E-state index is 13.7. The maximum Gasteiger partial charge on any atom is 0.232 e. The zero-order valence-electron chi connectivity index (χ0n) is 19.3. The monoisotopic (exact) mass is 435 g/mol. The van der Waals surface area contributed by atoms with Gasteiger partial charge < -0.3 is 9.47 Å². The maximum atomic E-state index is 13.7. The van der Waals surface area contributed by atoms with E-state index in [4.69, 9.17) is 9.47 Å². The molecule has 1 saturated heterocycles. The van der Waals surface area contributed by atoms with Crippen molar-refractivity contribution in [2.45, 2.75) is 45.6 Å². The number of likely N-dealkylation sites (tertiary alicyclic amines) is 1. The van der Waals surface area contributed by atoms with E-state index in [1.165, 1.54) is 12.1 Å². The number of terminal acetylenes is 1. The fourth-order valence-corrected chi connectivity index (χ4v) is 3.32. The van der Waals surface area contributed by atoms with E-state index in [0.717, 1.165) is 44.1 Å². The first-order chi connectivity index (χ1) is 14.7. The molecule has 1 aliphatic rings. The summed E-state index contributed by atoms with van der Waals surface area (Å²) in [5.74, 6) is -0.239. The first-order valence-corrected chi connectivity index (χ1v) is 10.5. The van der Waals surface area contributed by atoms with E-state index in [-0.39, 0.29) is 11.4 Å². The van der Waals surface area contributed by atoms with Crippen molar-refractivity contribution in [2.75, 3.05) is 40.3 Å². The summed E-state index contributed by atoms with van der Waals surface area (Å²) in [6, 6.07) is 3.41. The Morgan fingerprint density at radius 3 is 2.42 bits per heavy atom. The molecule has 0 bridgehead atoms. The molecule has 0 amide bonds. The third-order valence-electron chi connectivity index (χ3n) is 4.80. The minimum absolute atomic E-state index is 0.107. The number of benzene rings is 1. The Labute approximate surface area is 185 Å². The Morgan fingerprint density at radius 1 is 1.13 bits per heavy atom. The lowest BCUT2D eigenvalue weighted by molar-refractivity contribution is 0.120. The molecule has 1 atom stereocenters. The second kappa shape index (κ2) is 13.1. The van der Waals surface area contributed by atoms with Gasteiger partial charge in [0.1, 0.15) is 17.1 Å². The van der Waals surface area contributed by atoms with Crippen molar-refractivity contribution < 1.29 is 18.3 Å². The van der Waals surface area contributed by atoms with Gasteiger partial charge in [-0.25, -0.2) is 8.78 Å². The van der Waals surface area contributed by atoms with Gasteiger partial charge in [0, 0.05) is 26.7 Å². The van der Waals surface area contributed by atoms with Crippen LogP contribution >= 0.6 is 0 Å². The van der Waals surface area contributed by atoms with Crippen molar-refractivity contribution >= 4 is 11.6 Å². The van der Waals surface area contributed by atoms with E-state index >= 15 is 0 Å². The summed E-state index contributed by atoms with van der Waals surface area (Å²) in [5, 5.41) is 0. The predicted octanol–water partition coefficient (Wildman–Crippen LogP) is 4.61. The zero-order valence-corrected chi connectivity index (χ0v) is 19.3. The molecular weight excluding hydrogens is 400 g/mol. The highest BCUT2D eigenvalue weighted by molar-refractivity contribution is 6.39. The third kappa shape index (κ3) is 9.48. The molecule has 2 rings (SSSR count). The highest BCUT2D eigenvalue weighted by atomic mass is 19.1. The number of hydrogen-bond acceptors (Lipinski definition) is 5. The number of aliphatic imine (C=N–C) groups is 2. The van der Waals surface area contributed by atoms with Crippen molar-refractivity contribution in [3.8, 4) is 18.6 Å². The third-order valence-corrected chi connectivity index (χ3v) is 4.80. The minimum Gasteiger partial charge on any atom is -0.490 e. The van der Waals surface area contributed by atoms with Crippen molar-refractivity contribution in [2.24, 2.45) is 15.9 Å². The van der Waals surface area contributed by atoms with Gasteiger partial charge in [0.25, 0.3) is 0 Å². The standard InChI is InChI=1S/C22H33F2N3O2.C2H2/c1-22(2,3)29-21(26-5)19(25-4)14-27-11-6-7-16(10-12-27)15-28-20-9-8-17(23)13-18(20)24;1-2/h8-9,13,16H,6-7,10-12,14-15H2,1-5H3;1-2H. The van der Waals surface area contributed by atoms with Crippen molar-refractivity contribution in [3.05, 3.63) is 29.8 Å². The van der Waals surface area contributed by atoms with E-state index in [1.807, 2.05) is 20.8 Å². The lowest BCUT2D eigenvalue weighted by atomic mass is 10.0. The lowest BCUT2D eigenvalue weighted by Gasteiger charge is -2.26. The summed E-state index contributed by atoms with van der Waals surface area (Å²) < 4.78 is 38.3. The van der Waals surface area contributed by atoms with Gasteiger partial charge in [-0.05, 0) is 71.2 Å². The van der Waals surface area contributed by atoms with Crippen LogP contribution in [0.1, 0.15) is 40.0 Å². The SMILES string of the molecule is C#C.CN=C(CN1CCCC(COc2ccc(F)cc2F)CC1)C(=NC)OC(C)(C)C. The van der Waals surface area contributed by atoms with Gasteiger partial charge in [0.15, 0.2) is 11.6 Å². The highest BCUT2D eigenvalue weighted by Crippen LogP contribution is 2.22. The second-order valence-corrected chi connectivity index (χ2v) is 8.37. The smallest absolute Gasteiger partial charge is 0.232 e. The molecule has 5 nitrogen and oxygen atoms in total. The first-order valence-electron chi connectivity index (χ1n) is 10.5. The van der Waals surface area contributed by atoms with Gasteiger partial charge in [-0.15, -0.1) is 12.8 Å². The van der Waals surface area contributed by atoms with Crippen LogP contribution in [0, 0.1) is 30.4 Å². The van der Waals surface area contributed by atoms with Gasteiger partial charge >= 0.3 is 0 Å². The molecule has 1 aromatic carbocycles. The second-order valence-electron chi connectivity index (χ2n) is 8.37. The molecule has 1 fully saturated rings. The largest absolute Gasteiger partial charge is 0.490 e. The van der Waals surface area contributed by atoms with Crippen LogP contribution in [0.3, 0.4) is 0 Å².